The van der Waals surface area contributed by atoms with E-state index in [9.17, 15) is 0 Å². The summed E-state index contributed by atoms with van der Waals surface area (Å²) in [7, 11) is 0. The maximum atomic E-state index is 5.85. The molecule has 0 bridgehead atoms. The zero-order chi connectivity index (χ0) is 19.0. The Kier molecular flexibility index (Phi) is 4.75. The highest BCUT2D eigenvalue weighted by atomic mass is 32.1. The zero-order valence-corrected chi connectivity index (χ0v) is 16.9. The number of anilines is 1. The number of hydrogen-bond donors (Lipinski definition) is 1. The van der Waals surface area contributed by atoms with Crippen molar-refractivity contribution in [1.82, 2.24) is 9.47 Å². The number of nitrogens with one attached hydrogen (secondary N) is 1. The minimum absolute atomic E-state index is 0.125. The Morgan fingerprint density at radius 2 is 1.63 bits per heavy atom. The third-order valence-corrected chi connectivity index (χ3v) is 5.50. The van der Waals surface area contributed by atoms with Gasteiger partial charge in [0.25, 0.3) is 0 Å². The second-order valence-electron chi connectivity index (χ2n) is 7.44. The van der Waals surface area contributed by atoms with E-state index < -0.39 is 0 Å². The number of hydrogen-bond acceptors (Lipinski definition) is 1. The van der Waals surface area contributed by atoms with Gasteiger partial charge in [-0.05, 0) is 73.9 Å². The average Bonchev–Trinajstić information content (AvgIpc) is 3.09. The molecule has 0 unspecified atom stereocenters. The summed E-state index contributed by atoms with van der Waals surface area (Å²) in [6.07, 6.45) is 2.16. The molecule has 2 aromatic carbocycles. The molecule has 4 heteroatoms. The van der Waals surface area contributed by atoms with Crippen molar-refractivity contribution in [3.8, 4) is 0 Å². The van der Waals surface area contributed by atoms with Crippen LogP contribution >= 0.6 is 12.2 Å². The Balaban J connectivity index is 1.67. The van der Waals surface area contributed by atoms with Crippen LogP contribution < -0.4 is 5.32 Å². The zero-order valence-electron chi connectivity index (χ0n) is 16.1. The number of aromatic nitrogens is 1. The molecule has 0 aliphatic carbocycles. The highest BCUT2D eigenvalue weighted by molar-refractivity contribution is 7.80. The molecule has 3 aromatic rings. The molecule has 0 saturated carbocycles. The molecule has 0 saturated heterocycles. The lowest BCUT2D eigenvalue weighted by Gasteiger charge is -2.39. The van der Waals surface area contributed by atoms with Crippen molar-refractivity contribution < 1.29 is 0 Å². The maximum Gasteiger partial charge on any atom is 0.174 e. The molecule has 1 aliphatic heterocycles. The highest BCUT2D eigenvalue weighted by Gasteiger charge is 2.30. The van der Waals surface area contributed by atoms with Crippen molar-refractivity contribution in [3.63, 3.8) is 0 Å². The molecule has 1 aliphatic rings. The Morgan fingerprint density at radius 1 is 0.926 bits per heavy atom. The number of nitrogens with zero attached hydrogens (tertiary/aromatic N) is 2. The van der Waals surface area contributed by atoms with E-state index in [0.29, 0.717) is 0 Å². The van der Waals surface area contributed by atoms with Crippen LogP contribution in [0.15, 0.2) is 60.8 Å². The first-order chi connectivity index (χ1) is 13.0. The van der Waals surface area contributed by atoms with Crippen LogP contribution in [0.5, 0.6) is 0 Å². The summed E-state index contributed by atoms with van der Waals surface area (Å²) in [5.74, 6) is 0. The molecule has 3 nitrogen and oxygen atoms in total. The van der Waals surface area contributed by atoms with Crippen LogP contribution in [0.4, 0.5) is 5.69 Å². The van der Waals surface area contributed by atoms with E-state index in [-0.39, 0.29) is 6.04 Å². The molecule has 1 aromatic heterocycles. The van der Waals surface area contributed by atoms with Gasteiger partial charge in [0, 0.05) is 30.7 Å². The fourth-order valence-corrected chi connectivity index (χ4v) is 4.26. The van der Waals surface area contributed by atoms with Gasteiger partial charge in [-0.3, -0.25) is 0 Å². The van der Waals surface area contributed by atoms with E-state index in [1.807, 2.05) is 0 Å². The van der Waals surface area contributed by atoms with Gasteiger partial charge in [0.2, 0.25) is 0 Å². The molecule has 4 rings (SSSR count). The van der Waals surface area contributed by atoms with E-state index in [0.717, 1.165) is 23.9 Å². The van der Waals surface area contributed by atoms with Gasteiger partial charge < -0.3 is 14.8 Å². The second kappa shape index (κ2) is 7.20. The van der Waals surface area contributed by atoms with Crippen molar-refractivity contribution in [2.45, 2.75) is 33.4 Å². The molecule has 1 atom stereocenters. The average molecular weight is 376 g/mol. The van der Waals surface area contributed by atoms with Crippen LogP contribution in [-0.2, 0) is 6.54 Å². The second-order valence-corrected chi connectivity index (χ2v) is 7.83. The van der Waals surface area contributed by atoms with Gasteiger partial charge in [-0.25, -0.2) is 0 Å². The highest BCUT2D eigenvalue weighted by Crippen LogP contribution is 2.33. The summed E-state index contributed by atoms with van der Waals surface area (Å²) < 4.78 is 2.33. The van der Waals surface area contributed by atoms with Crippen LogP contribution in [0.1, 0.15) is 34.0 Å². The van der Waals surface area contributed by atoms with Crippen LogP contribution in [0, 0.1) is 20.8 Å². The fraction of sp³-hybridized carbons (Fsp3) is 0.261. The van der Waals surface area contributed by atoms with Crippen molar-refractivity contribution >= 4 is 23.0 Å². The predicted molar refractivity (Wildman–Crippen MR) is 116 cm³/mol. The Bertz CT molecular complexity index is 951. The molecular weight excluding hydrogens is 350 g/mol. The summed E-state index contributed by atoms with van der Waals surface area (Å²) in [5, 5.41) is 4.25. The minimum Gasteiger partial charge on any atom is -0.348 e. The van der Waals surface area contributed by atoms with Gasteiger partial charge in [-0.15, -0.1) is 0 Å². The first-order valence-corrected chi connectivity index (χ1v) is 9.79. The SMILES string of the molecule is Cc1ccc([C@@H]2c3cccn3CCN2C(=S)Nc2cc(C)cc(C)c2)cc1. The summed E-state index contributed by atoms with van der Waals surface area (Å²) in [6.45, 7) is 8.18. The topological polar surface area (TPSA) is 20.2 Å². The van der Waals surface area contributed by atoms with Crippen LogP contribution in [0.3, 0.4) is 0 Å². The monoisotopic (exact) mass is 375 g/mol. The molecule has 0 amide bonds. The predicted octanol–water partition coefficient (Wildman–Crippen LogP) is 5.22. The van der Waals surface area contributed by atoms with Crippen molar-refractivity contribution in [2.24, 2.45) is 0 Å². The third-order valence-electron chi connectivity index (χ3n) is 5.17. The lowest BCUT2D eigenvalue weighted by atomic mass is 9.99. The molecule has 2 heterocycles. The smallest absolute Gasteiger partial charge is 0.174 e. The standard InChI is InChI=1S/C23H25N3S/c1-16-6-8-19(9-7-16)22-21-5-4-10-25(21)11-12-26(22)23(27)24-20-14-17(2)13-18(3)15-20/h4-10,13-15,22H,11-12H2,1-3H3,(H,24,27)/t22-/m1/s1. The summed E-state index contributed by atoms with van der Waals surface area (Å²) >= 11 is 5.85. The summed E-state index contributed by atoms with van der Waals surface area (Å²) in [5.41, 5.74) is 7.36. The lowest BCUT2D eigenvalue weighted by Crippen LogP contribution is -2.44. The number of benzene rings is 2. The van der Waals surface area contributed by atoms with Crippen molar-refractivity contribution in [1.29, 1.82) is 0 Å². The van der Waals surface area contributed by atoms with Crippen LogP contribution in [0.2, 0.25) is 0 Å². The van der Waals surface area contributed by atoms with Gasteiger partial charge in [0.05, 0.1) is 6.04 Å². The Labute approximate surface area is 166 Å². The van der Waals surface area contributed by atoms with Gasteiger partial charge in [0.15, 0.2) is 5.11 Å². The van der Waals surface area contributed by atoms with Gasteiger partial charge in [0.1, 0.15) is 0 Å². The lowest BCUT2D eigenvalue weighted by molar-refractivity contribution is 0.293. The summed E-state index contributed by atoms with van der Waals surface area (Å²) in [4.78, 5) is 2.31. The Morgan fingerprint density at radius 3 is 2.33 bits per heavy atom. The molecule has 0 spiro atoms. The van der Waals surface area contributed by atoms with Gasteiger partial charge >= 0.3 is 0 Å². The molecule has 27 heavy (non-hydrogen) atoms. The first kappa shape index (κ1) is 17.8. The van der Waals surface area contributed by atoms with E-state index in [2.05, 4.69) is 96.3 Å². The quantitative estimate of drug-likeness (QED) is 0.621. The van der Waals surface area contributed by atoms with Crippen LogP contribution in [0.25, 0.3) is 0 Å². The normalized spacial score (nSPS) is 16.1. The van der Waals surface area contributed by atoms with Crippen molar-refractivity contribution in [3.05, 3.63) is 88.7 Å². The minimum atomic E-state index is 0.125. The molecule has 1 N–H and O–H groups in total. The van der Waals surface area contributed by atoms with Gasteiger partial charge in [-0.2, -0.15) is 0 Å². The van der Waals surface area contributed by atoms with Crippen LogP contribution in [-0.4, -0.2) is 21.1 Å². The number of rotatable bonds is 2. The number of thiocarbonyl (C=S) groups is 1. The Hall–Kier alpha value is -2.59. The molecule has 138 valence electrons. The number of fused-ring (bicyclic) bond motifs is 1. The fourth-order valence-electron chi connectivity index (χ4n) is 3.94. The molecular formula is C23H25N3S. The van der Waals surface area contributed by atoms with E-state index in [1.54, 1.807) is 0 Å². The number of aryl methyl sites for hydroxylation is 3. The largest absolute Gasteiger partial charge is 0.348 e. The molecule has 0 radical (unpaired) electrons. The van der Waals surface area contributed by atoms with E-state index in [4.69, 9.17) is 12.2 Å². The third kappa shape index (κ3) is 3.62. The first-order valence-electron chi connectivity index (χ1n) is 9.39. The van der Waals surface area contributed by atoms with E-state index in [1.165, 1.54) is 27.9 Å². The molecule has 0 fully saturated rings. The van der Waals surface area contributed by atoms with Crippen molar-refractivity contribution in [2.75, 3.05) is 11.9 Å². The maximum absolute atomic E-state index is 5.85. The summed E-state index contributed by atoms with van der Waals surface area (Å²) in [6, 6.07) is 19.7. The van der Waals surface area contributed by atoms with E-state index >= 15 is 0 Å². The van der Waals surface area contributed by atoms with Gasteiger partial charge in [-0.1, -0.05) is 35.9 Å².